The average Bonchev–Trinajstić information content (AvgIpc) is 2.91. The Balaban J connectivity index is 1.41. The number of fused-ring (bicyclic) bond motifs is 2. The lowest BCUT2D eigenvalue weighted by atomic mass is 9.76. The van der Waals surface area contributed by atoms with Gasteiger partial charge in [-0.25, -0.2) is 9.18 Å². The van der Waals surface area contributed by atoms with Crippen LogP contribution in [-0.4, -0.2) is 30.0 Å². The van der Waals surface area contributed by atoms with E-state index in [9.17, 15) is 14.0 Å². The number of benzene rings is 2. The maximum absolute atomic E-state index is 13.1. The van der Waals surface area contributed by atoms with Crippen LogP contribution in [0.2, 0.25) is 0 Å². The quantitative estimate of drug-likeness (QED) is 0.650. The molecule has 1 aliphatic heterocycles. The van der Waals surface area contributed by atoms with E-state index in [0.717, 1.165) is 24.0 Å². The molecule has 2 aromatic rings. The molecule has 6 heteroatoms. The molecule has 0 saturated carbocycles. The predicted octanol–water partition coefficient (Wildman–Crippen LogP) is 3.38. The van der Waals surface area contributed by atoms with E-state index >= 15 is 0 Å². The van der Waals surface area contributed by atoms with E-state index in [0.29, 0.717) is 25.2 Å². The van der Waals surface area contributed by atoms with Crippen molar-refractivity contribution in [3.63, 3.8) is 0 Å². The molecule has 0 radical (unpaired) electrons. The highest BCUT2D eigenvalue weighted by Gasteiger charge is 2.53. The van der Waals surface area contributed by atoms with Gasteiger partial charge in [0.15, 0.2) is 0 Å². The van der Waals surface area contributed by atoms with Crippen molar-refractivity contribution in [1.82, 2.24) is 10.2 Å². The fourth-order valence-corrected chi connectivity index (χ4v) is 3.96. The van der Waals surface area contributed by atoms with E-state index in [4.69, 9.17) is 4.74 Å². The van der Waals surface area contributed by atoms with Gasteiger partial charge in [-0.1, -0.05) is 24.3 Å². The summed E-state index contributed by atoms with van der Waals surface area (Å²) < 4.78 is 18.4. The molecule has 1 fully saturated rings. The molecule has 1 heterocycles. The van der Waals surface area contributed by atoms with Gasteiger partial charge in [0.25, 0.3) is 5.91 Å². The van der Waals surface area contributed by atoms with Gasteiger partial charge >= 0.3 is 6.03 Å². The van der Waals surface area contributed by atoms with Gasteiger partial charge in [-0.15, -0.1) is 0 Å². The van der Waals surface area contributed by atoms with Crippen LogP contribution in [0.1, 0.15) is 30.4 Å². The summed E-state index contributed by atoms with van der Waals surface area (Å²) >= 11 is 0. The van der Waals surface area contributed by atoms with Crippen molar-refractivity contribution in [2.45, 2.75) is 31.2 Å². The first-order chi connectivity index (χ1) is 13.1. The van der Waals surface area contributed by atoms with Crippen LogP contribution in [0.3, 0.4) is 0 Å². The van der Waals surface area contributed by atoms with Gasteiger partial charge in [0.2, 0.25) is 0 Å². The zero-order valence-corrected chi connectivity index (χ0v) is 14.9. The summed E-state index contributed by atoms with van der Waals surface area (Å²) in [6.07, 6.45) is 2.92. The van der Waals surface area contributed by atoms with Gasteiger partial charge in [-0.3, -0.25) is 9.69 Å². The summed E-state index contributed by atoms with van der Waals surface area (Å²) in [7, 11) is 0. The van der Waals surface area contributed by atoms with Crippen molar-refractivity contribution in [2.24, 2.45) is 0 Å². The molecule has 27 heavy (non-hydrogen) atoms. The molecule has 3 amide bonds. The molecule has 0 unspecified atom stereocenters. The number of aryl methyl sites for hydroxylation is 1. The third-order valence-electron chi connectivity index (χ3n) is 5.26. The van der Waals surface area contributed by atoms with Crippen LogP contribution in [0.15, 0.2) is 48.5 Å². The minimum absolute atomic E-state index is 0.179. The van der Waals surface area contributed by atoms with E-state index in [1.165, 1.54) is 17.0 Å². The number of halogens is 1. The topological polar surface area (TPSA) is 58.6 Å². The molecule has 5 nitrogen and oxygen atoms in total. The summed E-state index contributed by atoms with van der Waals surface area (Å²) in [5.74, 6) is 0.0625. The van der Waals surface area contributed by atoms with Crippen molar-refractivity contribution in [1.29, 1.82) is 0 Å². The molecular weight excluding hydrogens is 347 g/mol. The Kier molecular flexibility index (Phi) is 4.56. The first kappa shape index (κ1) is 17.5. The standard InChI is InChI=1S/C21H21FN2O3/c22-16-8-10-17(11-9-16)27-14-4-13-24-19(25)21(23-20(24)26)12-3-6-15-5-1-2-7-18(15)21/h1-2,5,7-11H,3-4,6,12-14H2,(H,23,26)/t21-/m1/s1. The molecule has 1 atom stereocenters. The van der Waals surface area contributed by atoms with Gasteiger partial charge in [-0.2, -0.15) is 0 Å². The average molecular weight is 368 g/mol. The molecule has 1 saturated heterocycles. The van der Waals surface area contributed by atoms with Crippen molar-refractivity contribution >= 4 is 11.9 Å². The zero-order valence-electron chi connectivity index (χ0n) is 14.9. The normalized spacial score (nSPS) is 21.3. The molecular formula is C21H21FN2O3. The Morgan fingerprint density at radius 2 is 1.89 bits per heavy atom. The summed E-state index contributed by atoms with van der Waals surface area (Å²) in [4.78, 5) is 26.9. The Morgan fingerprint density at radius 3 is 2.70 bits per heavy atom. The molecule has 140 valence electrons. The lowest BCUT2D eigenvalue weighted by molar-refractivity contribution is -0.132. The second-order valence-corrected chi connectivity index (χ2v) is 6.96. The molecule has 1 spiro atoms. The van der Waals surface area contributed by atoms with Crippen LogP contribution in [0, 0.1) is 5.82 Å². The number of ether oxygens (including phenoxy) is 1. The van der Waals surface area contributed by atoms with Gasteiger partial charge in [0.05, 0.1) is 6.61 Å². The van der Waals surface area contributed by atoms with E-state index in [2.05, 4.69) is 5.32 Å². The summed E-state index contributed by atoms with van der Waals surface area (Å²) in [6, 6.07) is 13.2. The van der Waals surface area contributed by atoms with E-state index in [1.54, 1.807) is 12.1 Å². The van der Waals surface area contributed by atoms with Gasteiger partial charge < -0.3 is 10.1 Å². The highest BCUT2D eigenvalue weighted by molar-refractivity contribution is 6.07. The Labute approximate surface area is 157 Å². The van der Waals surface area contributed by atoms with Gasteiger partial charge in [-0.05, 0) is 61.1 Å². The number of hydrogen-bond acceptors (Lipinski definition) is 3. The fraction of sp³-hybridized carbons (Fsp3) is 0.333. The van der Waals surface area contributed by atoms with Crippen molar-refractivity contribution in [3.8, 4) is 5.75 Å². The van der Waals surface area contributed by atoms with Crippen LogP contribution < -0.4 is 10.1 Å². The van der Waals surface area contributed by atoms with Crippen LogP contribution in [-0.2, 0) is 16.8 Å². The highest BCUT2D eigenvalue weighted by atomic mass is 19.1. The van der Waals surface area contributed by atoms with Gasteiger partial charge in [0.1, 0.15) is 17.1 Å². The first-order valence-corrected chi connectivity index (χ1v) is 9.21. The third kappa shape index (κ3) is 3.16. The maximum Gasteiger partial charge on any atom is 0.325 e. The van der Waals surface area contributed by atoms with E-state index in [-0.39, 0.29) is 24.3 Å². The minimum atomic E-state index is -0.927. The highest BCUT2D eigenvalue weighted by Crippen LogP contribution is 2.39. The number of hydrogen-bond donors (Lipinski definition) is 1. The Bertz CT molecular complexity index is 868. The summed E-state index contributed by atoms with van der Waals surface area (Å²) in [5.41, 5.74) is 1.11. The second-order valence-electron chi connectivity index (χ2n) is 6.96. The fourth-order valence-electron chi connectivity index (χ4n) is 3.96. The molecule has 1 N–H and O–H groups in total. The smallest absolute Gasteiger partial charge is 0.325 e. The number of carbonyl (C=O) groups is 2. The Morgan fingerprint density at radius 1 is 1.11 bits per heavy atom. The van der Waals surface area contributed by atoms with Crippen molar-refractivity contribution in [3.05, 3.63) is 65.5 Å². The van der Waals surface area contributed by atoms with E-state index in [1.807, 2.05) is 24.3 Å². The molecule has 2 aromatic carbocycles. The monoisotopic (exact) mass is 368 g/mol. The Hall–Kier alpha value is -2.89. The zero-order chi connectivity index (χ0) is 18.9. The summed E-state index contributed by atoms with van der Waals surface area (Å²) in [6.45, 7) is 0.627. The maximum atomic E-state index is 13.1. The number of nitrogens with one attached hydrogen (secondary N) is 1. The van der Waals surface area contributed by atoms with Gasteiger partial charge in [0, 0.05) is 6.54 Å². The van der Waals surface area contributed by atoms with Crippen LogP contribution in [0.25, 0.3) is 0 Å². The first-order valence-electron chi connectivity index (χ1n) is 9.21. The second kappa shape index (κ2) is 7.02. The van der Waals surface area contributed by atoms with Crippen molar-refractivity contribution in [2.75, 3.05) is 13.2 Å². The lowest BCUT2D eigenvalue weighted by Crippen LogP contribution is -2.46. The molecule has 0 bridgehead atoms. The van der Waals surface area contributed by atoms with Crippen LogP contribution in [0.4, 0.5) is 9.18 Å². The molecule has 2 aliphatic rings. The van der Waals surface area contributed by atoms with Crippen molar-refractivity contribution < 1.29 is 18.7 Å². The van der Waals surface area contributed by atoms with Crippen LogP contribution in [0.5, 0.6) is 5.75 Å². The number of nitrogens with zero attached hydrogens (tertiary/aromatic N) is 1. The number of amides is 3. The number of imide groups is 1. The number of urea groups is 1. The lowest BCUT2D eigenvalue weighted by Gasteiger charge is -2.33. The third-order valence-corrected chi connectivity index (χ3v) is 5.26. The predicted molar refractivity (Wildman–Crippen MR) is 97.8 cm³/mol. The molecule has 1 aliphatic carbocycles. The van der Waals surface area contributed by atoms with E-state index < -0.39 is 5.54 Å². The summed E-state index contributed by atoms with van der Waals surface area (Å²) in [5, 5.41) is 2.95. The SMILES string of the molecule is O=C1N[C@@]2(CCCc3ccccc32)C(=O)N1CCCOc1ccc(F)cc1. The van der Waals surface area contributed by atoms with Crippen LogP contribution >= 0.6 is 0 Å². The molecule has 0 aromatic heterocycles. The largest absolute Gasteiger partial charge is 0.494 e. The number of carbonyl (C=O) groups excluding carboxylic acids is 2. The number of rotatable bonds is 5. The molecule has 4 rings (SSSR count). The minimum Gasteiger partial charge on any atom is -0.494 e.